The van der Waals surface area contributed by atoms with E-state index in [2.05, 4.69) is 14.7 Å². The molecule has 0 spiro atoms. The van der Waals surface area contributed by atoms with Crippen molar-refractivity contribution < 1.29 is 17.9 Å². The summed E-state index contributed by atoms with van der Waals surface area (Å²) in [6, 6.07) is 15.9. The number of amidine groups is 1. The molecule has 9 heteroatoms. The summed E-state index contributed by atoms with van der Waals surface area (Å²) in [5.41, 5.74) is 1.88. The Bertz CT molecular complexity index is 1240. The predicted octanol–water partition coefficient (Wildman–Crippen LogP) is 3.06. The maximum absolute atomic E-state index is 12.0. The molecule has 4 rings (SSSR count). The van der Waals surface area contributed by atoms with Gasteiger partial charge >= 0.3 is 5.97 Å². The Morgan fingerprint density at radius 1 is 1.14 bits per heavy atom. The molecule has 0 aliphatic carbocycles. The van der Waals surface area contributed by atoms with E-state index in [0.717, 1.165) is 10.9 Å². The van der Waals surface area contributed by atoms with Crippen molar-refractivity contribution in [2.75, 3.05) is 6.54 Å². The standard InChI is InChI=1S/C20H16ClN3O4S/c21-19-14(11-13-5-1-3-7-16(13)23-19)12-28-18(25)9-10-22-20-15-6-2-4-8-17(15)29(26,27)24-20/h1-8,11H,9-10,12H2,(H,22,24). The van der Waals surface area contributed by atoms with Crippen LogP contribution in [-0.2, 0) is 26.2 Å². The molecule has 2 heterocycles. The van der Waals surface area contributed by atoms with Crippen molar-refractivity contribution in [1.29, 1.82) is 0 Å². The lowest BCUT2D eigenvalue weighted by atomic mass is 10.2. The Hall–Kier alpha value is -2.97. The van der Waals surface area contributed by atoms with Gasteiger partial charge in [0.05, 0.1) is 23.4 Å². The van der Waals surface area contributed by atoms with E-state index in [1.54, 1.807) is 18.2 Å². The first-order chi connectivity index (χ1) is 13.9. The second-order valence-electron chi connectivity index (χ2n) is 6.37. The van der Waals surface area contributed by atoms with Gasteiger partial charge in [0.2, 0.25) is 0 Å². The van der Waals surface area contributed by atoms with Crippen LogP contribution in [-0.4, -0.2) is 31.8 Å². The van der Waals surface area contributed by atoms with Crippen LogP contribution in [0.2, 0.25) is 5.15 Å². The van der Waals surface area contributed by atoms with Crippen LogP contribution in [0.5, 0.6) is 0 Å². The number of sulfonamides is 1. The smallest absolute Gasteiger partial charge is 0.308 e. The molecule has 7 nitrogen and oxygen atoms in total. The first-order valence-electron chi connectivity index (χ1n) is 8.80. The first kappa shape index (κ1) is 19.4. The molecule has 0 atom stereocenters. The van der Waals surface area contributed by atoms with E-state index in [9.17, 15) is 13.2 Å². The van der Waals surface area contributed by atoms with Crippen LogP contribution in [0.25, 0.3) is 10.9 Å². The number of carbonyl (C=O) groups is 1. The number of para-hydroxylation sites is 1. The number of hydrogen-bond donors (Lipinski definition) is 1. The fourth-order valence-corrected chi connectivity index (χ4v) is 4.43. The first-order valence-corrected chi connectivity index (χ1v) is 10.7. The second-order valence-corrected chi connectivity index (χ2v) is 8.38. The molecule has 148 valence electrons. The van der Waals surface area contributed by atoms with Crippen molar-refractivity contribution in [3.63, 3.8) is 0 Å². The average Bonchev–Trinajstić information content (AvgIpc) is 2.97. The molecule has 3 aromatic rings. The van der Waals surface area contributed by atoms with Gasteiger partial charge in [0, 0.05) is 16.5 Å². The molecule has 0 saturated carbocycles. The summed E-state index contributed by atoms with van der Waals surface area (Å²) in [5, 5.41) is 1.19. The average molecular weight is 430 g/mol. The van der Waals surface area contributed by atoms with Crippen LogP contribution in [0.15, 0.2) is 64.5 Å². The number of halogens is 1. The normalized spacial score (nSPS) is 15.8. The monoisotopic (exact) mass is 429 g/mol. The lowest BCUT2D eigenvalue weighted by Crippen LogP contribution is -2.22. The molecule has 1 aliphatic rings. The molecular formula is C20H16ClN3O4S. The van der Waals surface area contributed by atoms with Crippen molar-refractivity contribution >= 4 is 44.3 Å². The van der Waals surface area contributed by atoms with Gasteiger partial charge in [-0.1, -0.05) is 41.9 Å². The summed E-state index contributed by atoms with van der Waals surface area (Å²) in [7, 11) is -3.59. The largest absolute Gasteiger partial charge is 0.461 e. The Morgan fingerprint density at radius 3 is 2.76 bits per heavy atom. The maximum Gasteiger partial charge on any atom is 0.308 e. The Balaban J connectivity index is 1.37. The second kappa shape index (κ2) is 7.81. The highest BCUT2D eigenvalue weighted by Crippen LogP contribution is 2.23. The number of aromatic nitrogens is 1. The number of nitrogens with one attached hydrogen (secondary N) is 1. The van der Waals surface area contributed by atoms with Gasteiger partial charge in [-0.15, -0.1) is 0 Å². The van der Waals surface area contributed by atoms with Crippen molar-refractivity contribution in [3.05, 3.63) is 70.9 Å². The lowest BCUT2D eigenvalue weighted by Gasteiger charge is -2.07. The zero-order valence-corrected chi connectivity index (χ0v) is 16.7. The molecule has 0 fully saturated rings. The van der Waals surface area contributed by atoms with Gasteiger partial charge in [-0.25, -0.2) is 13.4 Å². The minimum absolute atomic E-state index is 0.00152. The number of ether oxygens (including phenoxy) is 1. The van der Waals surface area contributed by atoms with Crippen LogP contribution < -0.4 is 4.72 Å². The van der Waals surface area contributed by atoms with Crippen LogP contribution in [0.1, 0.15) is 17.5 Å². The van der Waals surface area contributed by atoms with Crippen molar-refractivity contribution in [2.45, 2.75) is 17.9 Å². The molecule has 0 amide bonds. The van der Waals surface area contributed by atoms with E-state index >= 15 is 0 Å². The Kier molecular flexibility index (Phi) is 5.21. The highest BCUT2D eigenvalue weighted by atomic mass is 35.5. The van der Waals surface area contributed by atoms with E-state index in [-0.39, 0.29) is 35.5 Å². The fraction of sp³-hybridized carbons (Fsp3) is 0.150. The van der Waals surface area contributed by atoms with E-state index < -0.39 is 16.0 Å². The van der Waals surface area contributed by atoms with E-state index in [1.165, 1.54) is 6.07 Å². The SMILES string of the molecule is O=C(CCN=C1NS(=O)(=O)c2ccccc21)OCc1cc2ccccc2nc1Cl. The van der Waals surface area contributed by atoms with Crippen molar-refractivity contribution in [3.8, 4) is 0 Å². The highest BCUT2D eigenvalue weighted by Gasteiger charge is 2.29. The van der Waals surface area contributed by atoms with Crippen LogP contribution in [0.3, 0.4) is 0 Å². The quantitative estimate of drug-likeness (QED) is 0.496. The third-order valence-corrected chi connectivity index (χ3v) is 6.11. The highest BCUT2D eigenvalue weighted by molar-refractivity contribution is 7.90. The molecule has 0 saturated heterocycles. The number of benzene rings is 2. The minimum atomic E-state index is -3.59. The Labute approximate surface area is 172 Å². The number of nitrogens with zero attached hydrogens (tertiary/aromatic N) is 2. The van der Waals surface area contributed by atoms with Gasteiger partial charge in [0.25, 0.3) is 10.0 Å². The van der Waals surface area contributed by atoms with E-state index in [0.29, 0.717) is 11.1 Å². The molecule has 1 aromatic heterocycles. The number of fused-ring (bicyclic) bond motifs is 2. The summed E-state index contributed by atoms with van der Waals surface area (Å²) < 4.78 is 31.7. The zero-order chi connectivity index (χ0) is 20.4. The summed E-state index contributed by atoms with van der Waals surface area (Å²) in [4.78, 5) is 20.7. The number of hydrogen-bond acceptors (Lipinski definition) is 6. The van der Waals surface area contributed by atoms with Gasteiger partial charge < -0.3 is 4.74 Å². The van der Waals surface area contributed by atoms with Gasteiger partial charge in [-0.2, -0.15) is 0 Å². The van der Waals surface area contributed by atoms with Crippen LogP contribution >= 0.6 is 11.6 Å². The van der Waals surface area contributed by atoms with Gasteiger partial charge in [-0.3, -0.25) is 14.5 Å². The van der Waals surface area contributed by atoms with E-state index in [1.807, 2.05) is 30.3 Å². The summed E-state index contributed by atoms with van der Waals surface area (Å²) >= 11 is 6.16. The topological polar surface area (TPSA) is 97.7 Å². The number of pyridine rings is 1. The van der Waals surface area contributed by atoms with Crippen LogP contribution in [0.4, 0.5) is 0 Å². The maximum atomic E-state index is 12.0. The molecule has 2 aromatic carbocycles. The number of aliphatic imine (C=N–C) groups is 1. The molecule has 0 bridgehead atoms. The predicted molar refractivity (Wildman–Crippen MR) is 109 cm³/mol. The molecule has 0 unspecified atom stereocenters. The summed E-state index contributed by atoms with van der Waals surface area (Å²) in [6.07, 6.45) is 0.00598. The van der Waals surface area contributed by atoms with Gasteiger partial charge in [0.15, 0.2) is 0 Å². The number of rotatable bonds is 5. The third-order valence-electron chi connectivity index (χ3n) is 4.39. The molecule has 0 radical (unpaired) electrons. The Morgan fingerprint density at radius 2 is 1.90 bits per heavy atom. The lowest BCUT2D eigenvalue weighted by molar-refractivity contribution is -0.144. The molecular weight excluding hydrogens is 414 g/mol. The summed E-state index contributed by atoms with van der Waals surface area (Å²) in [5.74, 6) is -0.233. The minimum Gasteiger partial charge on any atom is -0.461 e. The third kappa shape index (κ3) is 4.08. The number of carbonyl (C=O) groups excluding carboxylic acids is 1. The van der Waals surface area contributed by atoms with Crippen molar-refractivity contribution in [1.82, 2.24) is 9.71 Å². The van der Waals surface area contributed by atoms with Crippen molar-refractivity contribution in [2.24, 2.45) is 4.99 Å². The zero-order valence-electron chi connectivity index (χ0n) is 15.1. The number of esters is 1. The van der Waals surface area contributed by atoms with Gasteiger partial charge in [-0.05, 0) is 24.3 Å². The molecule has 1 N–H and O–H groups in total. The molecule has 1 aliphatic heterocycles. The van der Waals surface area contributed by atoms with Gasteiger partial charge in [0.1, 0.15) is 17.6 Å². The van der Waals surface area contributed by atoms with Crippen LogP contribution in [0, 0.1) is 0 Å². The van der Waals surface area contributed by atoms with E-state index in [4.69, 9.17) is 16.3 Å². The fourth-order valence-electron chi connectivity index (χ4n) is 2.98. The summed E-state index contributed by atoms with van der Waals surface area (Å²) in [6.45, 7) is 0.0935. The molecule has 29 heavy (non-hydrogen) atoms.